The van der Waals surface area contributed by atoms with Crippen LogP contribution in [0.4, 0.5) is 0 Å². The van der Waals surface area contributed by atoms with Crippen molar-refractivity contribution in [2.24, 2.45) is 11.7 Å². The lowest BCUT2D eigenvalue weighted by Crippen LogP contribution is -2.51. The summed E-state index contributed by atoms with van der Waals surface area (Å²) in [5, 5.41) is 0. The van der Waals surface area contributed by atoms with Crippen molar-refractivity contribution >= 4 is 35.6 Å². The number of piperazine rings is 1. The molecule has 2 fully saturated rings. The maximum absolute atomic E-state index is 12.5. The minimum Gasteiger partial charge on any atom is -0.339 e. The highest BCUT2D eigenvalue weighted by Gasteiger charge is 2.33. The lowest BCUT2D eigenvalue weighted by Gasteiger charge is -2.35. The summed E-state index contributed by atoms with van der Waals surface area (Å²) in [6.45, 7) is 4.53. The first-order chi connectivity index (χ1) is 10.5. The van der Waals surface area contributed by atoms with Crippen molar-refractivity contribution in [2.75, 3.05) is 26.2 Å². The fraction of sp³-hybridized carbons (Fsp3) is 0.625. The monoisotopic (exact) mass is 357 g/mol. The number of aryl methyl sites for hydroxylation is 1. The van der Waals surface area contributed by atoms with Crippen LogP contribution >= 0.6 is 23.7 Å². The number of carbonyl (C=O) groups is 2. The van der Waals surface area contributed by atoms with E-state index in [0.29, 0.717) is 26.2 Å². The maximum Gasteiger partial charge on any atom is 0.264 e. The topological polar surface area (TPSA) is 66.6 Å². The number of hydrogen-bond acceptors (Lipinski definition) is 4. The van der Waals surface area contributed by atoms with Gasteiger partial charge in [-0.1, -0.05) is 0 Å². The van der Waals surface area contributed by atoms with Gasteiger partial charge in [-0.3, -0.25) is 9.59 Å². The van der Waals surface area contributed by atoms with Gasteiger partial charge < -0.3 is 15.5 Å². The van der Waals surface area contributed by atoms with Gasteiger partial charge in [-0.05, 0) is 38.3 Å². The van der Waals surface area contributed by atoms with E-state index in [0.717, 1.165) is 29.0 Å². The van der Waals surface area contributed by atoms with E-state index in [2.05, 4.69) is 0 Å². The number of amides is 2. The fourth-order valence-electron chi connectivity index (χ4n) is 3.33. The summed E-state index contributed by atoms with van der Waals surface area (Å²) in [7, 11) is 0. The number of nitrogens with zero attached hydrogens (tertiary/aromatic N) is 2. The fourth-order valence-corrected chi connectivity index (χ4v) is 4.17. The molecular weight excluding hydrogens is 334 g/mol. The zero-order chi connectivity index (χ0) is 15.7. The van der Waals surface area contributed by atoms with Gasteiger partial charge >= 0.3 is 0 Å². The number of halogens is 1. The van der Waals surface area contributed by atoms with Gasteiger partial charge in [0.05, 0.1) is 4.88 Å². The van der Waals surface area contributed by atoms with Crippen molar-refractivity contribution < 1.29 is 9.59 Å². The molecule has 1 saturated heterocycles. The zero-order valence-corrected chi connectivity index (χ0v) is 15.0. The van der Waals surface area contributed by atoms with Crippen LogP contribution in [0.1, 0.15) is 33.8 Å². The standard InChI is InChI=1S/C16H23N3O2S.ClH/c1-11-2-5-14(22-11)16(21)19-8-6-18(7-9-19)15(20)12-3-4-13(17)10-12;/h2,5,12-13H,3-4,6-10,17H2,1H3;1H. The molecule has 0 spiro atoms. The Hall–Kier alpha value is -1.11. The number of hydrogen-bond donors (Lipinski definition) is 1. The molecular formula is C16H24ClN3O2S. The average molecular weight is 358 g/mol. The Bertz CT molecular complexity index is 569. The van der Waals surface area contributed by atoms with E-state index in [4.69, 9.17) is 5.73 Å². The molecule has 23 heavy (non-hydrogen) atoms. The molecule has 2 aliphatic rings. The first kappa shape index (κ1) is 18.2. The van der Waals surface area contributed by atoms with E-state index in [1.165, 1.54) is 11.3 Å². The van der Waals surface area contributed by atoms with Gasteiger partial charge in [0.15, 0.2) is 0 Å². The van der Waals surface area contributed by atoms with E-state index in [1.54, 1.807) is 0 Å². The van der Waals surface area contributed by atoms with Crippen molar-refractivity contribution in [1.29, 1.82) is 0 Å². The highest BCUT2D eigenvalue weighted by Crippen LogP contribution is 2.26. The van der Waals surface area contributed by atoms with Crippen LogP contribution in [-0.2, 0) is 4.79 Å². The largest absolute Gasteiger partial charge is 0.339 e. The van der Waals surface area contributed by atoms with Gasteiger partial charge in [0.1, 0.15) is 0 Å². The van der Waals surface area contributed by atoms with Gasteiger partial charge in [0.25, 0.3) is 5.91 Å². The molecule has 0 aromatic carbocycles. The third-order valence-corrected chi connectivity index (χ3v) is 5.64. The van der Waals surface area contributed by atoms with Crippen LogP contribution in [0.2, 0.25) is 0 Å². The molecule has 2 atom stereocenters. The van der Waals surface area contributed by atoms with E-state index in [9.17, 15) is 9.59 Å². The first-order valence-electron chi connectivity index (χ1n) is 7.94. The molecule has 2 heterocycles. The molecule has 1 aromatic heterocycles. The molecule has 0 radical (unpaired) electrons. The molecule has 2 N–H and O–H groups in total. The lowest BCUT2D eigenvalue weighted by atomic mass is 10.1. The summed E-state index contributed by atoms with van der Waals surface area (Å²) in [6, 6.07) is 4.04. The number of nitrogens with two attached hydrogens (primary N) is 1. The molecule has 2 amide bonds. The predicted octanol–water partition coefficient (Wildman–Crippen LogP) is 1.89. The SMILES string of the molecule is Cc1ccc(C(=O)N2CCN(C(=O)C3CCC(N)C3)CC2)s1.Cl. The van der Waals surface area contributed by atoms with Crippen LogP contribution in [0, 0.1) is 12.8 Å². The van der Waals surface area contributed by atoms with Gasteiger partial charge in [-0.2, -0.15) is 0 Å². The number of thiophene rings is 1. The zero-order valence-electron chi connectivity index (χ0n) is 13.4. The molecule has 2 unspecified atom stereocenters. The molecule has 1 aliphatic heterocycles. The minimum atomic E-state index is 0. The summed E-state index contributed by atoms with van der Waals surface area (Å²) in [5.74, 6) is 0.414. The Balaban J connectivity index is 0.00000192. The second-order valence-electron chi connectivity index (χ2n) is 6.30. The maximum atomic E-state index is 12.5. The van der Waals surface area contributed by atoms with Crippen LogP contribution in [0.25, 0.3) is 0 Å². The highest BCUT2D eigenvalue weighted by atomic mass is 35.5. The summed E-state index contributed by atoms with van der Waals surface area (Å²) < 4.78 is 0. The Morgan fingerprint density at radius 2 is 1.78 bits per heavy atom. The van der Waals surface area contributed by atoms with E-state index < -0.39 is 0 Å². The Morgan fingerprint density at radius 1 is 1.13 bits per heavy atom. The molecule has 1 saturated carbocycles. The van der Waals surface area contributed by atoms with Crippen LogP contribution in [0.15, 0.2) is 12.1 Å². The predicted molar refractivity (Wildman–Crippen MR) is 94.1 cm³/mol. The highest BCUT2D eigenvalue weighted by molar-refractivity contribution is 7.13. The van der Waals surface area contributed by atoms with Crippen molar-refractivity contribution in [2.45, 2.75) is 32.2 Å². The van der Waals surface area contributed by atoms with Gasteiger partial charge in [-0.25, -0.2) is 0 Å². The van der Waals surface area contributed by atoms with Crippen molar-refractivity contribution in [3.63, 3.8) is 0 Å². The molecule has 1 aliphatic carbocycles. The van der Waals surface area contributed by atoms with Crippen LogP contribution in [0.5, 0.6) is 0 Å². The third-order valence-electron chi connectivity index (χ3n) is 4.65. The van der Waals surface area contributed by atoms with E-state index in [1.807, 2.05) is 28.9 Å². The molecule has 1 aromatic rings. The van der Waals surface area contributed by atoms with Gasteiger partial charge in [0, 0.05) is 43.0 Å². The number of carbonyl (C=O) groups excluding carboxylic acids is 2. The third kappa shape index (κ3) is 4.05. The van der Waals surface area contributed by atoms with Crippen LogP contribution in [0.3, 0.4) is 0 Å². The second kappa shape index (κ2) is 7.64. The summed E-state index contributed by atoms with van der Waals surface area (Å²) >= 11 is 1.53. The lowest BCUT2D eigenvalue weighted by molar-refractivity contribution is -0.136. The average Bonchev–Trinajstić information content (AvgIpc) is 3.14. The van der Waals surface area contributed by atoms with E-state index in [-0.39, 0.29) is 36.2 Å². The first-order valence-corrected chi connectivity index (χ1v) is 8.76. The molecule has 128 valence electrons. The summed E-state index contributed by atoms with van der Waals surface area (Å²) in [4.78, 5) is 30.6. The van der Waals surface area contributed by atoms with Crippen molar-refractivity contribution in [1.82, 2.24) is 9.80 Å². The van der Waals surface area contributed by atoms with Crippen molar-refractivity contribution in [3.8, 4) is 0 Å². The molecule has 7 heteroatoms. The summed E-state index contributed by atoms with van der Waals surface area (Å²) in [6.07, 6.45) is 2.67. The smallest absolute Gasteiger partial charge is 0.264 e. The molecule has 0 bridgehead atoms. The van der Waals surface area contributed by atoms with Crippen molar-refractivity contribution in [3.05, 3.63) is 21.9 Å². The molecule has 5 nitrogen and oxygen atoms in total. The number of rotatable bonds is 2. The quantitative estimate of drug-likeness (QED) is 0.878. The van der Waals surface area contributed by atoms with Gasteiger partial charge in [0.2, 0.25) is 5.91 Å². The van der Waals surface area contributed by atoms with Crippen LogP contribution in [-0.4, -0.2) is 53.8 Å². The Morgan fingerprint density at radius 3 is 2.30 bits per heavy atom. The normalized spacial score (nSPS) is 24.4. The summed E-state index contributed by atoms with van der Waals surface area (Å²) in [5.41, 5.74) is 5.90. The Kier molecular flexibility index (Phi) is 6.06. The van der Waals surface area contributed by atoms with E-state index >= 15 is 0 Å². The van der Waals surface area contributed by atoms with Gasteiger partial charge in [-0.15, -0.1) is 23.7 Å². The Labute approximate surface area is 147 Å². The minimum absolute atomic E-state index is 0. The molecule has 3 rings (SSSR count). The second-order valence-corrected chi connectivity index (χ2v) is 7.59. The van der Waals surface area contributed by atoms with Crippen LogP contribution < -0.4 is 5.73 Å².